The molecule has 0 aromatic rings. The van der Waals surface area contributed by atoms with Gasteiger partial charge in [-0.15, -0.1) is 0 Å². The number of aliphatic hydroxyl groups excluding tert-OH is 1. The first kappa shape index (κ1) is 9.96. The van der Waals surface area contributed by atoms with Crippen molar-refractivity contribution in [2.24, 2.45) is 0 Å². The van der Waals surface area contributed by atoms with Crippen molar-refractivity contribution in [2.45, 2.75) is 31.8 Å². The third kappa shape index (κ3) is 2.44. The van der Waals surface area contributed by atoms with Crippen molar-refractivity contribution in [3.63, 3.8) is 0 Å². The van der Waals surface area contributed by atoms with Crippen molar-refractivity contribution in [2.75, 3.05) is 26.7 Å². The predicted octanol–water partition coefficient (Wildman–Crippen LogP) is 0.0510. The molecular formula is C9H20N2O. The molecule has 0 aromatic heterocycles. The van der Waals surface area contributed by atoms with Gasteiger partial charge in [-0.3, -0.25) is 4.90 Å². The van der Waals surface area contributed by atoms with E-state index in [1.165, 1.54) is 6.42 Å². The minimum atomic E-state index is 0.295. The molecule has 12 heavy (non-hydrogen) atoms. The van der Waals surface area contributed by atoms with E-state index >= 15 is 0 Å². The molecule has 2 N–H and O–H groups in total. The van der Waals surface area contributed by atoms with Gasteiger partial charge in [0.15, 0.2) is 0 Å². The van der Waals surface area contributed by atoms with Crippen molar-refractivity contribution < 1.29 is 5.11 Å². The van der Waals surface area contributed by atoms with Gasteiger partial charge in [-0.1, -0.05) is 0 Å². The number of aliphatic hydroxyl groups is 1. The second kappa shape index (κ2) is 4.80. The molecule has 0 spiro atoms. The number of rotatable bonds is 2. The SMILES string of the molecule is CC1CCNCC(CCO)N1C. The van der Waals surface area contributed by atoms with E-state index in [0.29, 0.717) is 18.7 Å². The van der Waals surface area contributed by atoms with E-state index in [0.717, 1.165) is 19.5 Å². The Morgan fingerprint density at radius 2 is 2.33 bits per heavy atom. The lowest BCUT2D eigenvalue weighted by Gasteiger charge is -2.29. The lowest BCUT2D eigenvalue weighted by Crippen LogP contribution is -2.41. The fraction of sp³-hybridized carbons (Fsp3) is 1.00. The van der Waals surface area contributed by atoms with Gasteiger partial charge in [0.2, 0.25) is 0 Å². The Morgan fingerprint density at radius 1 is 1.58 bits per heavy atom. The first-order valence-electron chi connectivity index (χ1n) is 4.79. The number of nitrogens with zero attached hydrogens (tertiary/aromatic N) is 1. The molecule has 2 unspecified atom stereocenters. The van der Waals surface area contributed by atoms with E-state index in [1.807, 2.05) is 0 Å². The zero-order valence-electron chi connectivity index (χ0n) is 8.08. The lowest BCUT2D eigenvalue weighted by molar-refractivity contribution is 0.157. The van der Waals surface area contributed by atoms with E-state index < -0.39 is 0 Å². The Bertz CT molecular complexity index is 130. The molecule has 1 saturated heterocycles. The van der Waals surface area contributed by atoms with Gasteiger partial charge in [0, 0.05) is 25.2 Å². The summed E-state index contributed by atoms with van der Waals surface area (Å²) >= 11 is 0. The molecule has 72 valence electrons. The average molecular weight is 172 g/mol. The van der Waals surface area contributed by atoms with Crippen LogP contribution in [0.2, 0.25) is 0 Å². The summed E-state index contributed by atoms with van der Waals surface area (Å²) < 4.78 is 0. The molecule has 0 bridgehead atoms. The number of likely N-dealkylation sites (N-methyl/N-ethyl adjacent to an activating group) is 1. The summed E-state index contributed by atoms with van der Waals surface area (Å²) in [5.74, 6) is 0. The van der Waals surface area contributed by atoms with E-state index in [-0.39, 0.29) is 0 Å². The summed E-state index contributed by atoms with van der Waals surface area (Å²) in [5, 5.41) is 12.3. The van der Waals surface area contributed by atoms with Crippen LogP contribution in [0, 0.1) is 0 Å². The van der Waals surface area contributed by atoms with Crippen LogP contribution >= 0.6 is 0 Å². The Kier molecular flexibility index (Phi) is 3.98. The number of nitrogens with one attached hydrogen (secondary N) is 1. The van der Waals surface area contributed by atoms with Gasteiger partial charge in [-0.25, -0.2) is 0 Å². The fourth-order valence-corrected chi connectivity index (χ4v) is 1.74. The zero-order valence-corrected chi connectivity index (χ0v) is 8.08. The number of hydrogen-bond donors (Lipinski definition) is 2. The minimum absolute atomic E-state index is 0.295. The minimum Gasteiger partial charge on any atom is -0.396 e. The zero-order chi connectivity index (χ0) is 8.97. The van der Waals surface area contributed by atoms with Gasteiger partial charge in [0.05, 0.1) is 0 Å². The average Bonchev–Trinajstić information content (AvgIpc) is 2.20. The summed E-state index contributed by atoms with van der Waals surface area (Å²) in [7, 11) is 2.15. The van der Waals surface area contributed by atoms with E-state index in [9.17, 15) is 0 Å². The molecule has 3 heteroatoms. The molecule has 2 atom stereocenters. The quantitative estimate of drug-likeness (QED) is 0.618. The van der Waals surface area contributed by atoms with Crippen LogP contribution in [-0.2, 0) is 0 Å². The smallest absolute Gasteiger partial charge is 0.0446 e. The van der Waals surface area contributed by atoms with Crippen molar-refractivity contribution in [3.8, 4) is 0 Å². The molecular weight excluding hydrogens is 152 g/mol. The van der Waals surface area contributed by atoms with Crippen LogP contribution in [0.25, 0.3) is 0 Å². The largest absolute Gasteiger partial charge is 0.396 e. The first-order chi connectivity index (χ1) is 5.75. The fourth-order valence-electron chi connectivity index (χ4n) is 1.74. The van der Waals surface area contributed by atoms with Crippen LogP contribution in [0.5, 0.6) is 0 Å². The van der Waals surface area contributed by atoms with Gasteiger partial charge in [-0.2, -0.15) is 0 Å². The third-order valence-corrected chi connectivity index (χ3v) is 2.85. The second-order valence-corrected chi connectivity index (χ2v) is 3.67. The maximum Gasteiger partial charge on any atom is 0.0446 e. The highest BCUT2D eigenvalue weighted by Crippen LogP contribution is 2.11. The molecule has 0 saturated carbocycles. The Labute approximate surface area is 74.8 Å². The van der Waals surface area contributed by atoms with Crippen molar-refractivity contribution >= 4 is 0 Å². The summed E-state index contributed by atoms with van der Waals surface area (Å²) in [4.78, 5) is 2.37. The lowest BCUT2D eigenvalue weighted by atomic mass is 10.1. The van der Waals surface area contributed by atoms with Gasteiger partial charge < -0.3 is 10.4 Å². The molecule has 0 radical (unpaired) electrons. The highest BCUT2D eigenvalue weighted by molar-refractivity contribution is 4.79. The van der Waals surface area contributed by atoms with E-state index in [1.54, 1.807) is 0 Å². The Hall–Kier alpha value is -0.120. The summed E-state index contributed by atoms with van der Waals surface area (Å²) in [6, 6.07) is 1.14. The Balaban J connectivity index is 2.46. The third-order valence-electron chi connectivity index (χ3n) is 2.85. The standard InChI is InChI=1S/C9H20N2O/c1-8-3-5-10-7-9(4-6-12)11(8)2/h8-10,12H,3-7H2,1-2H3. The monoisotopic (exact) mass is 172 g/mol. The van der Waals surface area contributed by atoms with Crippen LogP contribution in [0.1, 0.15) is 19.8 Å². The van der Waals surface area contributed by atoms with E-state index in [2.05, 4.69) is 24.2 Å². The van der Waals surface area contributed by atoms with Gasteiger partial charge in [-0.05, 0) is 33.4 Å². The van der Waals surface area contributed by atoms with Crippen LogP contribution in [0.15, 0.2) is 0 Å². The molecule has 0 aliphatic carbocycles. The van der Waals surface area contributed by atoms with Crippen LogP contribution in [0.4, 0.5) is 0 Å². The van der Waals surface area contributed by atoms with E-state index in [4.69, 9.17) is 5.11 Å². The molecule has 1 heterocycles. The molecule has 1 fully saturated rings. The number of hydrogen-bond acceptors (Lipinski definition) is 3. The molecule has 1 rings (SSSR count). The molecule has 0 amide bonds. The maximum absolute atomic E-state index is 8.86. The summed E-state index contributed by atoms with van der Waals surface area (Å²) in [6.07, 6.45) is 2.09. The van der Waals surface area contributed by atoms with Crippen molar-refractivity contribution in [1.82, 2.24) is 10.2 Å². The molecule has 3 nitrogen and oxygen atoms in total. The van der Waals surface area contributed by atoms with Gasteiger partial charge in [0.1, 0.15) is 0 Å². The topological polar surface area (TPSA) is 35.5 Å². The van der Waals surface area contributed by atoms with Crippen molar-refractivity contribution in [1.29, 1.82) is 0 Å². The highest BCUT2D eigenvalue weighted by atomic mass is 16.3. The normalized spacial score (nSPS) is 33.2. The van der Waals surface area contributed by atoms with Gasteiger partial charge >= 0.3 is 0 Å². The Morgan fingerprint density at radius 3 is 3.00 bits per heavy atom. The predicted molar refractivity (Wildman–Crippen MR) is 50.2 cm³/mol. The highest BCUT2D eigenvalue weighted by Gasteiger charge is 2.21. The maximum atomic E-state index is 8.86. The van der Waals surface area contributed by atoms with Gasteiger partial charge in [0.25, 0.3) is 0 Å². The summed E-state index contributed by atoms with van der Waals surface area (Å²) in [6.45, 7) is 4.66. The van der Waals surface area contributed by atoms with Crippen LogP contribution < -0.4 is 5.32 Å². The molecule has 1 aliphatic rings. The van der Waals surface area contributed by atoms with Crippen LogP contribution in [-0.4, -0.2) is 48.8 Å². The summed E-state index contributed by atoms with van der Waals surface area (Å²) in [5.41, 5.74) is 0. The van der Waals surface area contributed by atoms with Crippen LogP contribution in [0.3, 0.4) is 0 Å². The first-order valence-corrected chi connectivity index (χ1v) is 4.79. The molecule has 0 aromatic carbocycles. The second-order valence-electron chi connectivity index (χ2n) is 3.67. The van der Waals surface area contributed by atoms with Crippen molar-refractivity contribution in [3.05, 3.63) is 0 Å². The molecule has 1 aliphatic heterocycles.